The number of aromatic nitrogens is 1. The summed E-state index contributed by atoms with van der Waals surface area (Å²) in [5.41, 5.74) is 0. The molecule has 0 N–H and O–H groups in total. The molecule has 5 heteroatoms. The number of hydrogen-bond donors (Lipinski definition) is 0. The van der Waals surface area contributed by atoms with Crippen LogP contribution in [0, 0.1) is 6.57 Å². The van der Waals surface area contributed by atoms with Gasteiger partial charge in [0.2, 0.25) is 5.88 Å². The summed E-state index contributed by atoms with van der Waals surface area (Å²) in [4.78, 5) is 9.26. The lowest BCUT2D eigenvalue weighted by molar-refractivity contribution is 0.403. The molecule has 0 aliphatic carbocycles. The third-order valence-corrected chi connectivity index (χ3v) is 2.34. The van der Waals surface area contributed by atoms with Gasteiger partial charge in [0.05, 0.1) is 13.7 Å². The molecule has 4 nitrogen and oxygen atoms in total. The molecule has 64 valence electrons. The zero-order valence-electron chi connectivity index (χ0n) is 7.16. The van der Waals surface area contributed by atoms with Crippen LogP contribution in [0.5, 0.6) is 5.88 Å². The van der Waals surface area contributed by atoms with Crippen LogP contribution < -0.4 is 9.64 Å². The van der Waals surface area contributed by atoms with Crippen molar-refractivity contribution in [2.75, 3.05) is 26.1 Å². The summed E-state index contributed by atoms with van der Waals surface area (Å²) in [6.45, 7) is 6.84. The van der Waals surface area contributed by atoms with Gasteiger partial charge in [0.1, 0.15) is 0 Å². The fourth-order valence-electron chi connectivity index (χ4n) is 0.683. The average Bonchev–Trinajstić information content (AvgIpc) is 2.46. The molecule has 0 saturated carbocycles. The van der Waals surface area contributed by atoms with Crippen molar-refractivity contribution in [2.45, 2.75) is 0 Å². The molecule has 0 aliphatic heterocycles. The topological polar surface area (TPSA) is 29.7 Å². The zero-order chi connectivity index (χ0) is 9.14. The van der Waals surface area contributed by atoms with E-state index >= 15 is 0 Å². The van der Waals surface area contributed by atoms with E-state index in [1.54, 1.807) is 0 Å². The van der Waals surface area contributed by atoms with E-state index in [-0.39, 0.29) is 0 Å². The maximum atomic E-state index is 6.84. The van der Waals surface area contributed by atoms with Gasteiger partial charge in [0.25, 0.3) is 0 Å². The van der Waals surface area contributed by atoms with Crippen molar-refractivity contribution in [3.8, 4) is 5.88 Å². The second-order valence-corrected chi connectivity index (χ2v) is 3.27. The lowest BCUT2D eigenvalue weighted by Crippen LogP contribution is -2.07. The number of hydrogen-bond acceptors (Lipinski definition) is 4. The van der Waals surface area contributed by atoms with Crippen LogP contribution >= 0.6 is 11.3 Å². The summed E-state index contributed by atoms with van der Waals surface area (Å²) in [5, 5.41) is 1.29. The van der Waals surface area contributed by atoms with Crippen molar-refractivity contribution in [2.24, 2.45) is 0 Å². The Morgan fingerprint density at radius 1 is 1.58 bits per heavy atom. The second-order valence-electron chi connectivity index (χ2n) is 2.32. The van der Waals surface area contributed by atoms with Crippen molar-refractivity contribution in [3.63, 3.8) is 0 Å². The molecule has 0 saturated heterocycles. The van der Waals surface area contributed by atoms with Crippen LogP contribution in [0.15, 0.2) is 0 Å². The first kappa shape index (κ1) is 8.81. The first-order chi connectivity index (χ1) is 5.69. The molecule has 1 rings (SSSR count). The van der Waals surface area contributed by atoms with Crippen molar-refractivity contribution < 1.29 is 4.74 Å². The molecule has 0 atom stereocenters. The quantitative estimate of drug-likeness (QED) is 0.654. The summed E-state index contributed by atoms with van der Waals surface area (Å²) >= 11 is 1.33. The molecule has 0 unspecified atom stereocenters. The van der Waals surface area contributed by atoms with Crippen molar-refractivity contribution >= 4 is 21.5 Å². The number of rotatable bonds is 2. The Balaban J connectivity index is 3.07. The Kier molecular flexibility index (Phi) is 2.51. The summed E-state index contributed by atoms with van der Waals surface area (Å²) in [6, 6.07) is 0. The summed E-state index contributed by atoms with van der Waals surface area (Å²) in [6.07, 6.45) is 0. The fraction of sp³-hybridized carbons (Fsp3) is 0.429. The molecule has 0 aliphatic rings. The molecule has 0 bridgehead atoms. The van der Waals surface area contributed by atoms with E-state index in [2.05, 4.69) is 9.83 Å². The molecule has 1 aromatic rings. The number of methoxy groups -OCH3 is 1. The minimum Gasteiger partial charge on any atom is -0.489 e. The van der Waals surface area contributed by atoms with E-state index in [4.69, 9.17) is 11.3 Å². The maximum Gasteiger partial charge on any atom is 0.304 e. The highest BCUT2D eigenvalue weighted by atomic mass is 32.1. The van der Waals surface area contributed by atoms with E-state index < -0.39 is 0 Å². The fourth-order valence-corrected chi connectivity index (χ4v) is 1.43. The van der Waals surface area contributed by atoms with E-state index in [0.29, 0.717) is 10.9 Å². The van der Waals surface area contributed by atoms with Crippen LogP contribution in [-0.2, 0) is 0 Å². The molecule has 0 radical (unpaired) electrons. The minimum absolute atomic E-state index is 0.415. The van der Waals surface area contributed by atoms with E-state index in [1.165, 1.54) is 18.4 Å². The van der Waals surface area contributed by atoms with Crippen molar-refractivity contribution in [1.29, 1.82) is 0 Å². The van der Waals surface area contributed by atoms with Crippen molar-refractivity contribution in [3.05, 3.63) is 11.4 Å². The molecule has 0 spiro atoms. The molecular weight excluding hydrogens is 174 g/mol. The van der Waals surface area contributed by atoms with Gasteiger partial charge in [-0.3, -0.25) is 0 Å². The van der Waals surface area contributed by atoms with Crippen LogP contribution in [0.25, 0.3) is 4.85 Å². The van der Waals surface area contributed by atoms with Crippen LogP contribution in [0.2, 0.25) is 0 Å². The maximum absolute atomic E-state index is 6.84. The summed E-state index contributed by atoms with van der Waals surface area (Å²) in [7, 11) is 5.28. The number of nitrogens with zero attached hydrogens (tertiary/aromatic N) is 3. The number of ether oxygens (including phenoxy) is 1. The summed E-state index contributed by atoms with van der Waals surface area (Å²) < 4.78 is 4.93. The van der Waals surface area contributed by atoms with E-state index in [1.807, 2.05) is 19.0 Å². The second kappa shape index (κ2) is 3.41. The lowest BCUT2D eigenvalue weighted by Gasteiger charge is -2.05. The van der Waals surface area contributed by atoms with Gasteiger partial charge in [-0.05, 0) is 0 Å². The standard InChI is InChI=1S/C7H9N3OS/c1-8-6-5(11-4)9-7(12-6)10(2)3/h2-4H3. The van der Waals surface area contributed by atoms with E-state index in [9.17, 15) is 0 Å². The Bertz CT molecular complexity index is 313. The van der Waals surface area contributed by atoms with Gasteiger partial charge in [-0.25, -0.2) is 4.85 Å². The van der Waals surface area contributed by atoms with Gasteiger partial charge >= 0.3 is 5.00 Å². The lowest BCUT2D eigenvalue weighted by atomic mass is 10.8. The summed E-state index contributed by atoms with van der Waals surface area (Å²) in [5.74, 6) is 0.415. The van der Waals surface area contributed by atoms with Crippen molar-refractivity contribution in [1.82, 2.24) is 4.98 Å². The monoisotopic (exact) mass is 183 g/mol. The van der Waals surface area contributed by atoms with Gasteiger partial charge in [-0.2, -0.15) is 4.98 Å². The van der Waals surface area contributed by atoms with Gasteiger partial charge in [-0.1, -0.05) is 0 Å². The predicted molar refractivity (Wildman–Crippen MR) is 49.3 cm³/mol. The first-order valence-corrected chi connectivity index (χ1v) is 4.10. The highest BCUT2D eigenvalue weighted by Crippen LogP contribution is 2.37. The molecule has 1 heterocycles. The molecule has 0 amide bonds. The minimum atomic E-state index is 0.415. The first-order valence-electron chi connectivity index (χ1n) is 3.28. The Labute approximate surface area is 75.2 Å². The van der Waals surface area contributed by atoms with Gasteiger partial charge in [0, 0.05) is 14.1 Å². The molecule has 0 fully saturated rings. The van der Waals surface area contributed by atoms with Gasteiger partial charge in [-0.15, -0.1) is 11.3 Å². The highest BCUT2D eigenvalue weighted by Gasteiger charge is 2.11. The smallest absolute Gasteiger partial charge is 0.304 e. The molecule has 12 heavy (non-hydrogen) atoms. The average molecular weight is 183 g/mol. The third kappa shape index (κ3) is 1.48. The Morgan fingerprint density at radius 3 is 2.58 bits per heavy atom. The normalized spacial score (nSPS) is 9.17. The van der Waals surface area contributed by atoms with Crippen LogP contribution in [0.3, 0.4) is 0 Å². The third-order valence-electron chi connectivity index (χ3n) is 1.25. The van der Waals surface area contributed by atoms with Crippen LogP contribution in [0.1, 0.15) is 0 Å². The number of thiazole rings is 1. The zero-order valence-corrected chi connectivity index (χ0v) is 7.97. The predicted octanol–water partition coefficient (Wildman–Crippen LogP) is 1.77. The molecule has 1 aromatic heterocycles. The Morgan fingerprint density at radius 2 is 2.25 bits per heavy atom. The Hall–Kier alpha value is -1.28. The highest BCUT2D eigenvalue weighted by molar-refractivity contribution is 7.20. The molecular formula is C7H9N3OS. The van der Waals surface area contributed by atoms with E-state index in [0.717, 1.165) is 5.13 Å². The SMILES string of the molecule is [C-]#[N+]c1sc(N(C)C)nc1OC. The van der Waals surface area contributed by atoms with Gasteiger partial charge in [0.15, 0.2) is 5.13 Å². The van der Waals surface area contributed by atoms with Crippen LogP contribution in [-0.4, -0.2) is 26.2 Å². The molecule has 0 aromatic carbocycles. The van der Waals surface area contributed by atoms with Gasteiger partial charge < -0.3 is 9.64 Å². The van der Waals surface area contributed by atoms with Crippen LogP contribution in [0.4, 0.5) is 10.1 Å². The number of anilines is 1. The largest absolute Gasteiger partial charge is 0.489 e.